The first-order chi connectivity index (χ1) is 8.69. The molecule has 1 spiro atoms. The fraction of sp³-hybridized carbons (Fsp3) is 1.00. The molecule has 1 aliphatic heterocycles. The summed E-state index contributed by atoms with van der Waals surface area (Å²) in [5.74, 6) is 1.96. The Morgan fingerprint density at radius 1 is 1.06 bits per heavy atom. The van der Waals surface area contributed by atoms with E-state index in [1.807, 2.05) is 0 Å². The van der Waals surface area contributed by atoms with Crippen LogP contribution in [0.2, 0.25) is 0 Å². The molecule has 2 unspecified atom stereocenters. The van der Waals surface area contributed by atoms with Crippen LogP contribution in [0, 0.1) is 17.8 Å². The minimum absolute atomic E-state index is 0.0566. The normalized spacial score (nSPS) is 41.3. The van der Waals surface area contributed by atoms with E-state index in [2.05, 4.69) is 6.92 Å². The summed E-state index contributed by atoms with van der Waals surface area (Å²) >= 11 is 0. The van der Waals surface area contributed by atoms with Crippen molar-refractivity contribution in [3.63, 3.8) is 0 Å². The Morgan fingerprint density at radius 3 is 2.39 bits per heavy atom. The number of aliphatic hydroxyl groups is 1. The Morgan fingerprint density at radius 2 is 1.78 bits per heavy atom. The van der Waals surface area contributed by atoms with Gasteiger partial charge in [-0.25, -0.2) is 0 Å². The fourth-order valence-electron chi connectivity index (χ4n) is 4.29. The fourth-order valence-corrected chi connectivity index (χ4v) is 4.29. The van der Waals surface area contributed by atoms with Gasteiger partial charge < -0.3 is 9.84 Å². The molecular formula is C16H28O2. The van der Waals surface area contributed by atoms with E-state index < -0.39 is 0 Å². The van der Waals surface area contributed by atoms with Crippen LogP contribution in [0.15, 0.2) is 0 Å². The third kappa shape index (κ3) is 2.46. The van der Waals surface area contributed by atoms with Crippen molar-refractivity contribution in [2.24, 2.45) is 17.8 Å². The van der Waals surface area contributed by atoms with Crippen molar-refractivity contribution in [2.75, 3.05) is 6.61 Å². The van der Waals surface area contributed by atoms with Gasteiger partial charge in [0.05, 0.1) is 11.7 Å². The van der Waals surface area contributed by atoms with Crippen molar-refractivity contribution in [2.45, 2.75) is 76.4 Å². The molecule has 104 valence electrons. The quantitative estimate of drug-likeness (QED) is 0.814. The van der Waals surface area contributed by atoms with Gasteiger partial charge in [0, 0.05) is 6.61 Å². The Balaban J connectivity index is 1.56. The van der Waals surface area contributed by atoms with Crippen LogP contribution in [0.3, 0.4) is 0 Å². The van der Waals surface area contributed by atoms with Crippen LogP contribution < -0.4 is 0 Å². The topological polar surface area (TPSA) is 29.5 Å². The standard InChI is InChI=1S/C16H28O2/c1-12-3-5-13(6-4-12)15(17)14-7-10-18-16(11-14)8-2-9-16/h12-15,17H,2-11H2,1H3. The van der Waals surface area contributed by atoms with E-state index in [1.54, 1.807) is 0 Å². The van der Waals surface area contributed by atoms with Crippen molar-refractivity contribution >= 4 is 0 Å². The van der Waals surface area contributed by atoms with Gasteiger partial charge in [0.2, 0.25) is 0 Å². The van der Waals surface area contributed by atoms with Crippen molar-refractivity contribution in [1.82, 2.24) is 0 Å². The molecule has 18 heavy (non-hydrogen) atoms. The summed E-state index contributed by atoms with van der Waals surface area (Å²) in [6, 6.07) is 0. The summed E-state index contributed by atoms with van der Waals surface area (Å²) in [5, 5.41) is 10.7. The molecule has 0 amide bonds. The molecule has 2 aliphatic carbocycles. The molecule has 3 aliphatic rings. The Labute approximate surface area is 111 Å². The molecule has 0 bridgehead atoms. The van der Waals surface area contributed by atoms with Gasteiger partial charge in [0.25, 0.3) is 0 Å². The number of aliphatic hydroxyl groups excluding tert-OH is 1. The monoisotopic (exact) mass is 252 g/mol. The summed E-state index contributed by atoms with van der Waals surface area (Å²) in [4.78, 5) is 0. The summed E-state index contributed by atoms with van der Waals surface area (Å²) < 4.78 is 5.98. The smallest absolute Gasteiger partial charge is 0.0686 e. The number of rotatable bonds is 2. The molecule has 2 heteroatoms. The highest BCUT2D eigenvalue weighted by molar-refractivity contribution is 4.96. The molecule has 3 rings (SSSR count). The molecule has 0 aromatic heterocycles. The highest BCUT2D eigenvalue weighted by atomic mass is 16.5. The lowest BCUT2D eigenvalue weighted by molar-refractivity contribution is -0.162. The third-order valence-corrected chi connectivity index (χ3v) is 5.82. The Kier molecular flexibility index (Phi) is 3.68. The van der Waals surface area contributed by atoms with Crippen molar-refractivity contribution in [3.05, 3.63) is 0 Å². The lowest BCUT2D eigenvalue weighted by atomic mass is 9.68. The largest absolute Gasteiger partial charge is 0.393 e. The van der Waals surface area contributed by atoms with Crippen molar-refractivity contribution < 1.29 is 9.84 Å². The zero-order chi connectivity index (χ0) is 12.6. The average Bonchev–Trinajstić information content (AvgIpc) is 2.37. The average molecular weight is 252 g/mol. The second kappa shape index (κ2) is 5.13. The first kappa shape index (κ1) is 12.9. The van der Waals surface area contributed by atoms with Crippen LogP contribution in [-0.2, 0) is 4.74 Å². The maximum absolute atomic E-state index is 10.7. The van der Waals surface area contributed by atoms with E-state index in [1.165, 1.54) is 44.9 Å². The molecule has 1 N–H and O–H groups in total. The van der Waals surface area contributed by atoms with Crippen LogP contribution in [0.5, 0.6) is 0 Å². The molecule has 2 atom stereocenters. The summed E-state index contributed by atoms with van der Waals surface area (Å²) in [5.41, 5.74) is 0.186. The van der Waals surface area contributed by atoms with Crippen molar-refractivity contribution in [1.29, 1.82) is 0 Å². The predicted molar refractivity (Wildman–Crippen MR) is 72.4 cm³/mol. The molecule has 0 radical (unpaired) electrons. The minimum atomic E-state index is -0.0566. The number of ether oxygens (including phenoxy) is 1. The Hall–Kier alpha value is -0.0800. The van der Waals surface area contributed by atoms with E-state index in [-0.39, 0.29) is 11.7 Å². The van der Waals surface area contributed by atoms with Crippen molar-refractivity contribution in [3.8, 4) is 0 Å². The van der Waals surface area contributed by atoms with Gasteiger partial charge in [0.15, 0.2) is 0 Å². The maximum Gasteiger partial charge on any atom is 0.0686 e. The van der Waals surface area contributed by atoms with Gasteiger partial charge in [-0.3, -0.25) is 0 Å². The summed E-state index contributed by atoms with van der Waals surface area (Å²) in [7, 11) is 0. The van der Waals surface area contributed by atoms with Crippen LogP contribution in [-0.4, -0.2) is 23.4 Å². The second-order valence-electron chi connectivity index (χ2n) is 7.15. The Bertz CT molecular complexity index is 277. The molecule has 2 saturated carbocycles. The second-order valence-corrected chi connectivity index (χ2v) is 7.15. The maximum atomic E-state index is 10.7. The lowest BCUT2D eigenvalue weighted by Crippen LogP contribution is -2.49. The van der Waals surface area contributed by atoms with Crippen LogP contribution in [0.1, 0.15) is 64.7 Å². The van der Waals surface area contributed by atoms with Crippen LogP contribution in [0.4, 0.5) is 0 Å². The first-order valence-electron chi connectivity index (χ1n) is 8.01. The number of hydrogen-bond donors (Lipinski definition) is 1. The van der Waals surface area contributed by atoms with Crippen LogP contribution >= 0.6 is 0 Å². The lowest BCUT2D eigenvalue weighted by Gasteiger charge is -2.49. The van der Waals surface area contributed by atoms with Gasteiger partial charge in [-0.05, 0) is 62.7 Å². The van der Waals surface area contributed by atoms with E-state index in [9.17, 15) is 5.11 Å². The highest BCUT2D eigenvalue weighted by Crippen LogP contribution is 2.46. The van der Waals surface area contributed by atoms with Gasteiger partial charge in [-0.15, -0.1) is 0 Å². The van der Waals surface area contributed by atoms with E-state index in [4.69, 9.17) is 4.74 Å². The summed E-state index contributed by atoms with van der Waals surface area (Å²) in [6.45, 7) is 3.23. The first-order valence-corrected chi connectivity index (χ1v) is 8.01. The molecule has 1 heterocycles. The summed E-state index contributed by atoms with van der Waals surface area (Å²) in [6.07, 6.45) is 11.1. The number of hydrogen-bond acceptors (Lipinski definition) is 2. The van der Waals surface area contributed by atoms with Gasteiger partial charge in [-0.1, -0.05) is 19.8 Å². The molecule has 3 fully saturated rings. The van der Waals surface area contributed by atoms with Crippen LogP contribution in [0.25, 0.3) is 0 Å². The molecular weight excluding hydrogens is 224 g/mol. The minimum Gasteiger partial charge on any atom is -0.393 e. The van der Waals surface area contributed by atoms with E-state index in [0.29, 0.717) is 11.8 Å². The molecule has 1 saturated heterocycles. The molecule has 2 nitrogen and oxygen atoms in total. The SMILES string of the molecule is CC1CCC(C(O)C2CCOC3(CCC3)C2)CC1. The predicted octanol–water partition coefficient (Wildman–Crippen LogP) is 3.52. The van der Waals surface area contributed by atoms with Gasteiger partial charge in [0.1, 0.15) is 0 Å². The van der Waals surface area contributed by atoms with E-state index in [0.717, 1.165) is 25.4 Å². The zero-order valence-corrected chi connectivity index (χ0v) is 11.7. The van der Waals surface area contributed by atoms with E-state index >= 15 is 0 Å². The van der Waals surface area contributed by atoms with Gasteiger partial charge >= 0.3 is 0 Å². The molecule has 0 aromatic carbocycles. The third-order valence-electron chi connectivity index (χ3n) is 5.82. The zero-order valence-electron chi connectivity index (χ0n) is 11.7. The molecule has 0 aromatic rings. The highest BCUT2D eigenvalue weighted by Gasteiger charge is 2.45. The van der Waals surface area contributed by atoms with Gasteiger partial charge in [-0.2, -0.15) is 0 Å².